The number of halogens is 2. The van der Waals surface area contributed by atoms with Crippen molar-refractivity contribution in [3.05, 3.63) is 65.0 Å². The number of hydrogen-bond donors (Lipinski definition) is 2. The Morgan fingerprint density at radius 2 is 1.94 bits per heavy atom. The summed E-state index contributed by atoms with van der Waals surface area (Å²) in [5.41, 5.74) is 0.651. The summed E-state index contributed by atoms with van der Waals surface area (Å²) in [6, 6.07) is 10.2. The van der Waals surface area contributed by atoms with Crippen LogP contribution in [0.1, 0.15) is 12.8 Å². The van der Waals surface area contributed by atoms with Crippen LogP contribution in [0.5, 0.6) is 17.2 Å². The van der Waals surface area contributed by atoms with Gasteiger partial charge >= 0.3 is 6.03 Å². The van der Waals surface area contributed by atoms with Crippen LogP contribution in [0, 0.1) is 0 Å². The lowest BCUT2D eigenvalue weighted by Gasteiger charge is -2.33. The van der Waals surface area contributed by atoms with Crippen molar-refractivity contribution in [1.82, 2.24) is 15.3 Å². The number of ether oxygens (including phenoxy) is 2. The first-order valence-corrected chi connectivity index (χ1v) is 11.2. The first-order chi connectivity index (χ1) is 16.0. The number of carbonyl (C=O) groups excluding carboxylic acids is 1. The van der Waals surface area contributed by atoms with Crippen LogP contribution in [0.15, 0.2) is 55.0 Å². The van der Waals surface area contributed by atoms with Crippen molar-refractivity contribution in [3.63, 3.8) is 0 Å². The molecule has 0 unspecified atom stereocenters. The predicted molar refractivity (Wildman–Crippen MR) is 129 cm³/mol. The lowest BCUT2D eigenvalue weighted by Crippen LogP contribution is -2.46. The predicted octanol–water partition coefficient (Wildman–Crippen LogP) is 5.37. The summed E-state index contributed by atoms with van der Waals surface area (Å²) in [7, 11) is 1.56. The van der Waals surface area contributed by atoms with E-state index in [1.165, 1.54) is 0 Å². The van der Waals surface area contributed by atoms with E-state index in [9.17, 15) is 4.79 Å². The summed E-state index contributed by atoms with van der Waals surface area (Å²) in [5, 5.41) is 6.67. The first-order valence-electron chi connectivity index (χ1n) is 10.4. The number of aromatic nitrogens is 2. The summed E-state index contributed by atoms with van der Waals surface area (Å²) in [4.78, 5) is 22.8. The van der Waals surface area contributed by atoms with Gasteiger partial charge < -0.3 is 25.0 Å². The van der Waals surface area contributed by atoms with E-state index in [1.54, 1.807) is 62.1 Å². The third kappa shape index (κ3) is 5.77. The van der Waals surface area contributed by atoms with Crippen LogP contribution in [-0.4, -0.2) is 42.2 Å². The monoisotopic (exact) mass is 487 g/mol. The molecule has 4 rings (SSSR count). The molecule has 0 aliphatic carbocycles. The van der Waals surface area contributed by atoms with Crippen LogP contribution in [0.3, 0.4) is 0 Å². The van der Waals surface area contributed by atoms with Crippen molar-refractivity contribution in [2.45, 2.75) is 18.9 Å². The fourth-order valence-electron chi connectivity index (χ4n) is 3.58. The van der Waals surface area contributed by atoms with Crippen molar-refractivity contribution < 1.29 is 14.3 Å². The third-order valence-corrected chi connectivity index (χ3v) is 5.89. The van der Waals surface area contributed by atoms with Gasteiger partial charge in [-0.3, -0.25) is 4.98 Å². The lowest BCUT2D eigenvalue weighted by atomic mass is 10.1. The first kappa shape index (κ1) is 22.9. The van der Waals surface area contributed by atoms with Gasteiger partial charge in [0.1, 0.15) is 16.5 Å². The highest BCUT2D eigenvalue weighted by Gasteiger charge is 2.24. The molecule has 1 aliphatic rings. The number of urea groups is 1. The molecular weight excluding hydrogens is 465 g/mol. The molecule has 1 aliphatic heterocycles. The standard InChI is InChI=1S/C23H23Cl2N5O3/c1-32-19-5-4-17(13-18(19)24)33-20-6-10-27-22(21(20)25)30-11-7-15(8-12-30)28-23(31)29-16-3-2-9-26-14-16/h2-6,9-10,13-15H,7-8,11-12H2,1H3,(H2,28,29,31). The molecule has 3 aromatic rings. The molecule has 0 saturated carbocycles. The van der Waals surface area contributed by atoms with Crippen molar-refractivity contribution in [1.29, 1.82) is 0 Å². The smallest absolute Gasteiger partial charge is 0.319 e. The lowest BCUT2D eigenvalue weighted by molar-refractivity contribution is 0.246. The summed E-state index contributed by atoms with van der Waals surface area (Å²) in [6.07, 6.45) is 6.44. The van der Waals surface area contributed by atoms with Gasteiger partial charge in [0.2, 0.25) is 0 Å². The third-order valence-electron chi connectivity index (χ3n) is 5.24. The van der Waals surface area contributed by atoms with E-state index in [-0.39, 0.29) is 12.1 Å². The number of anilines is 2. The Bertz CT molecular complexity index is 1110. The average Bonchev–Trinajstić information content (AvgIpc) is 2.82. The number of benzene rings is 1. The number of piperidine rings is 1. The van der Waals surface area contributed by atoms with E-state index in [0.717, 1.165) is 12.8 Å². The summed E-state index contributed by atoms with van der Waals surface area (Å²) >= 11 is 12.8. The Kier molecular flexibility index (Phi) is 7.36. The van der Waals surface area contributed by atoms with Crippen LogP contribution in [0.2, 0.25) is 10.0 Å². The Morgan fingerprint density at radius 1 is 1.12 bits per heavy atom. The van der Waals surface area contributed by atoms with Crippen LogP contribution in [0.4, 0.5) is 16.3 Å². The highest BCUT2D eigenvalue weighted by Crippen LogP contribution is 2.38. The van der Waals surface area contributed by atoms with Crippen LogP contribution < -0.4 is 25.0 Å². The molecular formula is C23H23Cl2N5O3. The van der Waals surface area contributed by atoms with Crippen LogP contribution in [-0.2, 0) is 0 Å². The van der Waals surface area contributed by atoms with E-state index in [1.807, 2.05) is 0 Å². The Morgan fingerprint density at radius 3 is 2.64 bits per heavy atom. The number of hydrogen-bond acceptors (Lipinski definition) is 6. The number of nitrogens with zero attached hydrogens (tertiary/aromatic N) is 3. The van der Waals surface area contributed by atoms with E-state index < -0.39 is 0 Å². The molecule has 8 nitrogen and oxygen atoms in total. The SMILES string of the molecule is COc1ccc(Oc2ccnc(N3CCC(NC(=O)Nc4cccnc4)CC3)c2Cl)cc1Cl. The van der Waals surface area contributed by atoms with Gasteiger partial charge in [-0.1, -0.05) is 23.2 Å². The molecule has 10 heteroatoms. The maximum absolute atomic E-state index is 12.2. The van der Waals surface area contributed by atoms with Crippen molar-refractivity contribution in [3.8, 4) is 17.2 Å². The van der Waals surface area contributed by atoms with Gasteiger partial charge in [0.15, 0.2) is 11.6 Å². The molecule has 172 valence electrons. The number of carbonyl (C=O) groups is 1. The van der Waals surface area contributed by atoms with Crippen molar-refractivity contribution >= 4 is 40.7 Å². The molecule has 2 amide bonds. The zero-order chi connectivity index (χ0) is 23.2. The fourth-order valence-corrected chi connectivity index (χ4v) is 4.09. The maximum Gasteiger partial charge on any atom is 0.319 e. The normalized spacial score (nSPS) is 14.0. The zero-order valence-corrected chi connectivity index (χ0v) is 19.4. The summed E-state index contributed by atoms with van der Waals surface area (Å²) in [6.45, 7) is 1.39. The Labute approximate surface area is 201 Å². The fraction of sp³-hybridized carbons (Fsp3) is 0.261. The second-order valence-electron chi connectivity index (χ2n) is 7.45. The largest absolute Gasteiger partial charge is 0.495 e. The molecule has 3 heterocycles. The highest BCUT2D eigenvalue weighted by molar-refractivity contribution is 6.34. The molecule has 0 radical (unpaired) electrons. The molecule has 0 bridgehead atoms. The van der Waals surface area contributed by atoms with Gasteiger partial charge in [-0.25, -0.2) is 9.78 Å². The minimum absolute atomic E-state index is 0.0533. The van der Waals surface area contributed by atoms with E-state index >= 15 is 0 Å². The van der Waals surface area contributed by atoms with Gasteiger partial charge in [-0.15, -0.1) is 0 Å². The average molecular weight is 488 g/mol. The molecule has 1 fully saturated rings. The molecule has 0 atom stereocenters. The number of methoxy groups -OCH3 is 1. The summed E-state index contributed by atoms with van der Waals surface area (Å²) < 4.78 is 11.1. The van der Waals surface area contributed by atoms with Gasteiger partial charge in [0.25, 0.3) is 0 Å². The van der Waals surface area contributed by atoms with E-state index in [2.05, 4.69) is 25.5 Å². The number of nitrogens with one attached hydrogen (secondary N) is 2. The minimum atomic E-state index is -0.244. The summed E-state index contributed by atoms with van der Waals surface area (Å²) in [5.74, 6) is 2.24. The number of amides is 2. The van der Waals surface area contributed by atoms with E-state index in [4.69, 9.17) is 32.7 Å². The van der Waals surface area contributed by atoms with Crippen LogP contribution in [0.25, 0.3) is 0 Å². The molecule has 1 aromatic carbocycles. The Balaban J connectivity index is 1.35. The van der Waals surface area contributed by atoms with E-state index in [0.29, 0.717) is 51.9 Å². The minimum Gasteiger partial charge on any atom is -0.495 e. The Hall–Kier alpha value is -3.23. The van der Waals surface area contributed by atoms with Crippen molar-refractivity contribution in [2.24, 2.45) is 0 Å². The highest BCUT2D eigenvalue weighted by atomic mass is 35.5. The van der Waals surface area contributed by atoms with Gasteiger partial charge in [0.05, 0.1) is 24.0 Å². The zero-order valence-electron chi connectivity index (χ0n) is 17.9. The number of rotatable bonds is 6. The second kappa shape index (κ2) is 10.6. The molecule has 1 saturated heterocycles. The molecule has 2 N–H and O–H groups in total. The van der Waals surface area contributed by atoms with Crippen LogP contribution >= 0.6 is 23.2 Å². The topological polar surface area (TPSA) is 88.6 Å². The van der Waals surface area contributed by atoms with Gasteiger partial charge in [0, 0.05) is 43.7 Å². The molecule has 33 heavy (non-hydrogen) atoms. The van der Waals surface area contributed by atoms with Gasteiger partial charge in [-0.2, -0.15) is 0 Å². The van der Waals surface area contributed by atoms with Gasteiger partial charge in [-0.05, 0) is 37.1 Å². The maximum atomic E-state index is 12.2. The second-order valence-corrected chi connectivity index (χ2v) is 8.23. The number of pyridine rings is 2. The molecule has 2 aromatic heterocycles. The van der Waals surface area contributed by atoms with Crippen molar-refractivity contribution in [2.75, 3.05) is 30.4 Å². The quantitative estimate of drug-likeness (QED) is 0.485. The molecule has 0 spiro atoms.